The number of piperazine rings is 1. The van der Waals surface area contributed by atoms with Crippen molar-refractivity contribution >= 4 is 40.3 Å². The molecule has 26 heavy (non-hydrogen) atoms. The Balaban J connectivity index is 1.58. The third kappa shape index (κ3) is 4.59. The molecule has 8 heteroatoms. The van der Waals surface area contributed by atoms with Crippen LogP contribution in [0.25, 0.3) is 0 Å². The van der Waals surface area contributed by atoms with E-state index in [4.69, 9.17) is 23.8 Å². The molecule has 3 nitrogen and oxygen atoms in total. The van der Waals surface area contributed by atoms with Crippen LogP contribution >= 0.6 is 23.8 Å². The Bertz CT molecular complexity index is 772. The molecule has 0 amide bonds. The molecule has 0 saturated carbocycles. The van der Waals surface area contributed by atoms with E-state index in [-0.39, 0.29) is 0 Å². The largest absolute Gasteiger partial charge is 0.416 e. The lowest BCUT2D eigenvalue weighted by atomic mass is 10.2. The average molecular weight is 400 g/mol. The van der Waals surface area contributed by atoms with Gasteiger partial charge < -0.3 is 15.1 Å². The predicted octanol–water partition coefficient (Wildman–Crippen LogP) is 4.88. The fourth-order valence-electron chi connectivity index (χ4n) is 2.80. The van der Waals surface area contributed by atoms with E-state index in [9.17, 15) is 13.2 Å². The fraction of sp³-hybridized carbons (Fsp3) is 0.278. The highest BCUT2D eigenvalue weighted by molar-refractivity contribution is 7.80. The number of rotatable bonds is 2. The molecule has 2 aromatic rings. The minimum absolute atomic E-state index is 0.338. The Morgan fingerprint density at radius 1 is 1.00 bits per heavy atom. The van der Waals surface area contributed by atoms with Gasteiger partial charge in [-0.1, -0.05) is 17.7 Å². The van der Waals surface area contributed by atoms with E-state index in [0.717, 1.165) is 30.9 Å². The summed E-state index contributed by atoms with van der Waals surface area (Å²) in [5.41, 5.74) is 0.730. The smallest absolute Gasteiger partial charge is 0.368 e. The van der Waals surface area contributed by atoms with Crippen molar-refractivity contribution < 1.29 is 13.2 Å². The van der Waals surface area contributed by atoms with E-state index in [1.807, 2.05) is 29.2 Å². The summed E-state index contributed by atoms with van der Waals surface area (Å²) in [7, 11) is 0. The second-order valence-corrected chi connectivity index (χ2v) is 6.78. The molecule has 1 aliphatic rings. The molecule has 1 saturated heterocycles. The van der Waals surface area contributed by atoms with Crippen LogP contribution in [-0.2, 0) is 6.18 Å². The number of thiocarbonyl (C=S) groups is 1. The van der Waals surface area contributed by atoms with E-state index in [1.165, 1.54) is 6.07 Å². The molecule has 0 radical (unpaired) electrons. The maximum Gasteiger partial charge on any atom is 0.416 e. The van der Waals surface area contributed by atoms with Gasteiger partial charge in [0.05, 0.1) is 5.56 Å². The first-order valence-electron chi connectivity index (χ1n) is 8.06. The van der Waals surface area contributed by atoms with Crippen molar-refractivity contribution in [1.29, 1.82) is 0 Å². The van der Waals surface area contributed by atoms with Gasteiger partial charge in [-0.2, -0.15) is 13.2 Å². The Morgan fingerprint density at radius 3 is 2.27 bits per heavy atom. The Labute approximate surface area is 160 Å². The van der Waals surface area contributed by atoms with E-state index in [0.29, 0.717) is 28.9 Å². The predicted molar refractivity (Wildman–Crippen MR) is 103 cm³/mol. The lowest BCUT2D eigenvalue weighted by Gasteiger charge is -2.37. The van der Waals surface area contributed by atoms with Crippen molar-refractivity contribution in [1.82, 2.24) is 4.90 Å². The molecular weight excluding hydrogens is 383 g/mol. The summed E-state index contributed by atoms with van der Waals surface area (Å²) in [6.07, 6.45) is -4.37. The number of anilines is 2. The van der Waals surface area contributed by atoms with Crippen molar-refractivity contribution in [2.75, 3.05) is 36.4 Å². The zero-order valence-electron chi connectivity index (χ0n) is 13.8. The molecule has 1 fully saturated rings. The third-order valence-corrected chi connectivity index (χ3v) is 4.81. The molecule has 3 rings (SSSR count). The quantitative estimate of drug-likeness (QED) is 0.725. The number of halogens is 4. The van der Waals surface area contributed by atoms with Crippen LogP contribution in [0, 0.1) is 0 Å². The van der Waals surface area contributed by atoms with E-state index in [2.05, 4.69) is 10.2 Å². The van der Waals surface area contributed by atoms with Gasteiger partial charge in [-0.05, 0) is 54.7 Å². The highest BCUT2D eigenvalue weighted by Gasteiger charge is 2.30. The van der Waals surface area contributed by atoms with E-state index >= 15 is 0 Å². The number of nitrogens with zero attached hydrogens (tertiary/aromatic N) is 2. The highest BCUT2D eigenvalue weighted by Crippen LogP contribution is 2.30. The van der Waals surface area contributed by atoms with Crippen LogP contribution in [0.4, 0.5) is 24.5 Å². The standard InChI is InChI=1S/C18H17ClF3N3S/c19-14-4-6-16(7-5-14)24-8-10-25(11-9-24)17(26)23-15-3-1-2-13(12-15)18(20,21)22/h1-7,12H,8-11H2,(H,23,26). The van der Waals surface area contributed by atoms with Gasteiger partial charge in [0, 0.05) is 42.6 Å². The molecule has 0 unspecified atom stereocenters. The first kappa shape index (κ1) is 18.8. The number of hydrogen-bond donors (Lipinski definition) is 1. The lowest BCUT2D eigenvalue weighted by molar-refractivity contribution is -0.137. The van der Waals surface area contributed by atoms with Crippen molar-refractivity contribution in [2.45, 2.75) is 6.18 Å². The summed E-state index contributed by atoms with van der Waals surface area (Å²) in [5, 5.41) is 4.03. The summed E-state index contributed by atoms with van der Waals surface area (Å²) in [4.78, 5) is 4.18. The van der Waals surface area contributed by atoms with Gasteiger partial charge in [0.15, 0.2) is 5.11 Å². The van der Waals surface area contributed by atoms with Crippen molar-refractivity contribution in [3.63, 3.8) is 0 Å². The topological polar surface area (TPSA) is 18.5 Å². The van der Waals surface area contributed by atoms with Gasteiger partial charge in [0.1, 0.15) is 0 Å². The zero-order chi connectivity index (χ0) is 18.7. The minimum atomic E-state index is -4.37. The normalized spacial score (nSPS) is 15.1. The van der Waals surface area contributed by atoms with Gasteiger partial charge in [-0.15, -0.1) is 0 Å². The maximum absolute atomic E-state index is 12.8. The Hall–Kier alpha value is -1.99. The van der Waals surface area contributed by atoms with Crippen molar-refractivity contribution in [3.05, 3.63) is 59.1 Å². The van der Waals surface area contributed by atoms with E-state index in [1.54, 1.807) is 6.07 Å². The molecule has 0 aliphatic carbocycles. The van der Waals surface area contributed by atoms with Crippen LogP contribution in [0.2, 0.25) is 5.02 Å². The highest BCUT2D eigenvalue weighted by atomic mass is 35.5. The molecule has 0 aromatic heterocycles. The van der Waals surface area contributed by atoms with Crippen LogP contribution in [0.3, 0.4) is 0 Å². The second kappa shape index (κ2) is 7.72. The molecule has 1 N–H and O–H groups in total. The summed E-state index contributed by atoms with van der Waals surface area (Å²) in [6.45, 7) is 2.92. The van der Waals surface area contributed by atoms with Crippen LogP contribution in [0.15, 0.2) is 48.5 Å². The Kier molecular flexibility index (Phi) is 5.58. The first-order chi connectivity index (χ1) is 12.3. The van der Waals surface area contributed by atoms with Crippen LogP contribution in [-0.4, -0.2) is 36.2 Å². The van der Waals surface area contributed by atoms with Crippen LogP contribution < -0.4 is 10.2 Å². The maximum atomic E-state index is 12.8. The monoisotopic (exact) mass is 399 g/mol. The minimum Gasteiger partial charge on any atom is -0.368 e. The molecule has 1 heterocycles. The molecule has 0 atom stereocenters. The number of alkyl halides is 3. The summed E-state index contributed by atoms with van der Waals surface area (Å²) >= 11 is 11.3. The molecule has 1 aliphatic heterocycles. The molecule has 0 spiro atoms. The Morgan fingerprint density at radius 2 is 1.65 bits per heavy atom. The van der Waals surface area contributed by atoms with Crippen LogP contribution in [0.1, 0.15) is 5.56 Å². The van der Waals surface area contributed by atoms with E-state index < -0.39 is 11.7 Å². The zero-order valence-corrected chi connectivity index (χ0v) is 15.3. The SMILES string of the molecule is FC(F)(F)c1cccc(NC(=S)N2CCN(c3ccc(Cl)cc3)CC2)c1. The molecule has 2 aromatic carbocycles. The molecule has 0 bridgehead atoms. The molecular formula is C18H17ClF3N3S. The van der Waals surface area contributed by atoms with Gasteiger partial charge in [0.2, 0.25) is 0 Å². The fourth-order valence-corrected chi connectivity index (χ4v) is 3.22. The number of hydrogen-bond acceptors (Lipinski definition) is 2. The average Bonchev–Trinajstić information content (AvgIpc) is 2.62. The van der Waals surface area contributed by atoms with Gasteiger partial charge in [-0.25, -0.2) is 0 Å². The summed E-state index contributed by atoms with van der Waals surface area (Å²) in [6, 6.07) is 12.7. The first-order valence-corrected chi connectivity index (χ1v) is 8.85. The third-order valence-electron chi connectivity index (χ3n) is 4.20. The van der Waals surface area contributed by atoms with Crippen molar-refractivity contribution in [2.24, 2.45) is 0 Å². The lowest BCUT2D eigenvalue weighted by Crippen LogP contribution is -2.50. The summed E-state index contributed by atoms with van der Waals surface area (Å²) in [5.74, 6) is 0. The van der Waals surface area contributed by atoms with Gasteiger partial charge in [0.25, 0.3) is 0 Å². The van der Waals surface area contributed by atoms with Gasteiger partial charge in [-0.3, -0.25) is 0 Å². The number of benzene rings is 2. The number of nitrogens with one attached hydrogen (secondary N) is 1. The second-order valence-electron chi connectivity index (χ2n) is 5.96. The van der Waals surface area contributed by atoms with Crippen LogP contribution in [0.5, 0.6) is 0 Å². The summed E-state index contributed by atoms with van der Waals surface area (Å²) < 4.78 is 38.4. The van der Waals surface area contributed by atoms with Gasteiger partial charge >= 0.3 is 6.18 Å². The van der Waals surface area contributed by atoms with Crippen molar-refractivity contribution in [3.8, 4) is 0 Å². The molecule has 138 valence electrons.